The van der Waals surface area contributed by atoms with E-state index in [1.807, 2.05) is 17.6 Å². The van der Waals surface area contributed by atoms with Gasteiger partial charge in [0.25, 0.3) is 5.56 Å². The standard InChI is InChI=1S/C25H31N3O3S2/c1-3-15-8-9-18-20(11-15)33-23(22(18)24(30)31-4-2)26-25(32)27-12-16-10-17(14-27)19-6-5-7-21(29)28(19)13-16/h5-7,15-17H,3-4,8-14H2,1-2H3,(H,26,32)/t15-,16-,17-/m0/s1. The van der Waals surface area contributed by atoms with Crippen LogP contribution >= 0.6 is 23.6 Å². The first-order valence-electron chi connectivity index (χ1n) is 12.1. The van der Waals surface area contributed by atoms with Crippen molar-refractivity contribution < 1.29 is 9.53 Å². The van der Waals surface area contributed by atoms with Gasteiger partial charge in [-0.3, -0.25) is 4.79 Å². The van der Waals surface area contributed by atoms with Crippen molar-refractivity contribution in [2.24, 2.45) is 11.8 Å². The van der Waals surface area contributed by atoms with Gasteiger partial charge in [-0.25, -0.2) is 4.79 Å². The van der Waals surface area contributed by atoms with Crippen LogP contribution in [0.15, 0.2) is 23.0 Å². The van der Waals surface area contributed by atoms with Gasteiger partial charge in [-0.05, 0) is 68.3 Å². The van der Waals surface area contributed by atoms with Crippen molar-refractivity contribution in [3.8, 4) is 0 Å². The zero-order chi connectivity index (χ0) is 23.1. The van der Waals surface area contributed by atoms with Crippen LogP contribution in [0.5, 0.6) is 0 Å². The van der Waals surface area contributed by atoms with E-state index < -0.39 is 0 Å². The van der Waals surface area contributed by atoms with Crippen molar-refractivity contribution >= 4 is 39.6 Å². The van der Waals surface area contributed by atoms with Gasteiger partial charge in [0.2, 0.25) is 0 Å². The molecule has 0 aromatic carbocycles. The summed E-state index contributed by atoms with van der Waals surface area (Å²) >= 11 is 7.52. The Morgan fingerprint density at radius 3 is 2.91 bits per heavy atom. The number of ether oxygens (including phenoxy) is 1. The summed E-state index contributed by atoms with van der Waals surface area (Å²) in [7, 11) is 0. The van der Waals surface area contributed by atoms with Gasteiger partial charge >= 0.3 is 5.97 Å². The van der Waals surface area contributed by atoms with Gasteiger partial charge in [0.05, 0.1) is 12.2 Å². The minimum atomic E-state index is -0.251. The molecule has 2 bridgehead atoms. The molecule has 33 heavy (non-hydrogen) atoms. The van der Waals surface area contributed by atoms with E-state index in [4.69, 9.17) is 17.0 Å². The summed E-state index contributed by atoms with van der Waals surface area (Å²) in [6.07, 6.45) is 5.31. The van der Waals surface area contributed by atoms with Crippen LogP contribution in [0.25, 0.3) is 0 Å². The number of nitrogens with zero attached hydrogens (tertiary/aromatic N) is 2. The van der Waals surface area contributed by atoms with Gasteiger partial charge in [0.1, 0.15) is 5.00 Å². The molecule has 6 nitrogen and oxygen atoms in total. The molecule has 2 aromatic rings. The SMILES string of the molecule is CCOC(=O)c1c(NC(=S)N2C[C@@H]3C[C@@H](C2)c2cccc(=O)n2C3)sc2c1CC[C@H](CC)C2. The molecule has 1 N–H and O–H groups in total. The van der Waals surface area contributed by atoms with Crippen LogP contribution in [-0.4, -0.2) is 40.2 Å². The van der Waals surface area contributed by atoms with Gasteiger partial charge in [0.15, 0.2) is 5.11 Å². The highest BCUT2D eigenvalue weighted by atomic mass is 32.1. The summed E-state index contributed by atoms with van der Waals surface area (Å²) in [5, 5.41) is 4.93. The van der Waals surface area contributed by atoms with Crippen LogP contribution < -0.4 is 10.9 Å². The van der Waals surface area contributed by atoms with Gasteiger partial charge in [-0.1, -0.05) is 19.4 Å². The van der Waals surface area contributed by atoms with Crippen molar-refractivity contribution in [1.82, 2.24) is 9.47 Å². The molecule has 0 amide bonds. The molecular weight excluding hydrogens is 454 g/mol. The first-order chi connectivity index (χ1) is 16.0. The maximum atomic E-state index is 12.9. The molecule has 5 rings (SSSR count). The molecule has 1 saturated heterocycles. The van der Waals surface area contributed by atoms with Crippen LogP contribution in [0.2, 0.25) is 0 Å². The van der Waals surface area contributed by atoms with Crippen molar-refractivity contribution in [3.63, 3.8) is 0 Å². The van der Waals surface area contributed by atoms with Crippen LogP contribution in [-0.2, 0) is 24.1 Å². The number of fused-ring (bicyclic) bond motifs is 5. The Hall–Kier alpha value is -2.19. The Labute approximate surface area is 203 Å². The Morgan fingerprint density at radius 2 is 2.12 bits per heavy atom. The number of hydrogen-bond donors (Lipinski definition) is 1. The molecule has 0 unspecified atom stereocenters. The normalized spacial score (nSPS) is 23.5. The number of anilines is 1. The molecule has 0 saturated carbocycles. The lowest BCUT2D eigenvalue weighted by molar-refractivity contribution is 0.0526. The molecule has 0 radical (unpaired) electrons. The highest BCUT2D eigenvalue weighted by Gasteiger charge is 2.36. The molecule has 0 spiro atoms. The number of carbonyl (C=O) groups is 1. The first-order valence-corrected chi connectivity index (χ1v) is 13.3. The molecule has 4 heterocycles. The highest BCUT2D eigenvalue weighted by molar-refractivity contribution is 7.80. The van der Waals surface area contributed by atoms with Crippen molar-refractivity contribution in [1.29, 1.82) is 0 Å². The van der Waals surface area contributed by atoms with E-state index in [0.29, 0.717) is 29.1 Å². The number of rotatable bonds is 4. The largest absolute Gasteiger partial charge is 0.462 e. The summed E-state index contributed by atoms with van der Waals surface area (Å²) in [5.74, 6) is 1.11. The number of nitrogens with one attached hydrogen (secondary N) is 1. The third-order valence-corrected chi connectivity index (χ3v) is 8.94. The molecule has 1 fully saturated rings. The van der Waals surface area contributed by atoms with Crippen LogP contribution in [0, 0.1) is 11.8 Å². The van der Waals surface area contributed by atoms with E-state index in [1.165, 1.54) is 4.88 Å². The highest BCUT2D eigenvalue weighted by Crippen LogP contribution is 2.41. The number of piperidine rings is 1. The molecular formula is C25H31N3O3S2. The summed E-state index contributed by atoms with van der Waals surface area (Å²) in [4.78, 5) is 28.7. The Morgan fingerprint density at radius 1 is 1.27 bits per heavy atom. The fourth-order valence-corrected chi connectivity index (χ4v) is 7.41. The molecule has 8 heteroatoms. The topological polar surface area (TPSA) is 63.6 Å². The third kappa shape index (κ3) is 4.23. The second-order valence-corrected chi connectivity index (χ2v) is 11.0. The monoisotopic (exact) mass is 485 g/mol. The lowest BCUT2D eigenvalue weighted by Gasteiger charge is -2.43. The average molecular weight is 486 g/mol. The Balaban J connectivity index is 1.38. The summed E-state index contributed by atoms with van der Waals surface area (Å²) in [5.41, 5.74) is 3.03. The van der Waals surface area contributed by atoms with Crippen molar-refractivity contribution in [3.05, 3.63) is 50.3 Å². The molecule has 176 valence electrons. The number of pyridine rings is 1. The molecule has 2 aliphatic heterocycles. The van der Waals surface area contributed by atoms with Crippen LogP contribution in [0.3, 0.4) is 0 Å². The predicted molar refractivity (Wildman–Crippen MR) is 135 cm³/mol. The number of hydrogen-bond acceptors (Lipinski definition) is 5. The fourth-order valence-electron chi connectivity index (χ4n) is 5.75. The molecule has 2 aromatic heterocycles. The van der Waals surface area contributed by atoms with E-state index in [-0.39, 0.29) is 17.4 Å². The maximum Gasteiger partial charge on any atom is 0.341 e. The summed E-state index contributed by atoms with van der Waals surface area (Å²) in [6.45, 7) is 6.79. The second-order valence-electron chi connectivity index (χ2n) is 9.48. The van der Waals surface area contributed by atoms with E-state index >= 15 is 0 Å². The number of thiophene rings is 1. The number of likely N-dealkylation sites (tertiary alicyclic amines) is 1. The second kappa shape index (κ2) is 9.22. The number of thiocarbonyl (C=S) groups is 1. The summed E-state index contributed by atoms with van der Waals surface area (Å²) < 4.78 is 7.36. The van der Waals surface area contributed by atoms with E-state index in [2.05, 4.69) is 23.2 Å². The zero-order valence-corrected chi connectivity index (χ0v) is 20.9. The van der Waals surface area contributed by atoms with Gasteiger partial charge < -0.3 is 19.5 Å². The minimum Gasteiger partial charge on any atom is -0.462 e. The van der Waals surface area contributed by atoms with Crippen molar-refractivity contribution in [2.75, 3.05) is 25.0 Å². The summed E-state index contributed by atoms with van der Waals surface area (Å²) in [6, 6.07) is 5.57. The lowest BCUT2D eigenvalue weighted by atomic mass is 9.83. The predicted octanol–water partition coefficient (Wildman–Crippen LogP) is 4.42. The average Bonchev–Trinajstić information content (AvgIpc) is 3.16. The third-order valence-electron chi connectivity index (χ3n) is 7.41. The number of aromatic nitrogens is 1. The maximum absolute atomic E-state index is 12.9. The van der Waals surface area contributed by atoms with Gasteiger partial charge in [0, 0.05) is 42.2 Å². The van der Waals surface area contributed by atoms with Crippen LogP contribution in [0.1, 0.15) is 65.5 Å². The zero-order valence-electron chi connectivity index (χ0n) is 19.3. The Bertz CT molecular complexity index is 1140. The molecule has 3 aliphatic rings. The first kappa shape index (κ1) is 22.6. The van der Waals surface area contributed by atoms with E-state index in [1.54, 1.807) is 17.4 Å². The number of esters is 1. The molecule has 3 atom stereocenters. The van der Waals surface area contributed by atoms with E-state index in [0.717, 1.165) is 68.0 Å². The number of carbonyl (C=O) groups excluding carboxylic acids is 1. The molecule has 1 aliphatic carbocycles. The smallest absolute Gasteiger partial charge is 0.341 e. The van der Waals surface area contributed by atoms with Crippen molar-refractivity contribution in [2.45, 2.75) is 58.4 Å². The quantitative estimate of drug-likeness (QED) is 0.511. The van der Waals surface area contributed by atoms with Gasteiger partial charge in [-0.2, -0.15) is 0 Å². The van der Waals surface area contributed by atoms with E-state index in [9.17, 15) is 9.59 Å². The van der Waals surface area contributed by atoms with Crippen LogP contribution in [0.4, 0.5) is 5.00 Å². The fraction of sp³-hybridized carbons (Fsp3) is 0.560. The minimum absolute atomic E-state index is 0.0879. The lowest BCUT2D eigenvalue weighted by Crippen LogP contribution is -2.50. The Kier molecular flexibility index (Phi) is 6.31. The van der Waals surface area contributed by atoms with Gasteiger partial charge in [-0.15, -0.1) is 11.3 Å².